The summed E-state index contributed by atoms with van der Waals surface area (Å²) in [5.41, 5.74) is 0.874. The Kier molecular flexibility index (Phi) is 6.72. The number of carbonyl (C=O) groups excluding carboxylic acids is 2. The molecule has 1 aromatic rings. The average molecular weight is 374 g/mol. The highest BCUT2D eigenvalue weighted by atomic mass is 16.5. The highest BCUT2D eigenvalue weighted by molar-refractivity contribution is 5.89. The molecule has 148 valence electrons. The van der Waals surface area contributed by atoms with Crippen LogP contribution in [-0.4, -0.2) is 66.6 Å². The quantitative estimate of drug-likeness (QED) is 0.793. The number of ether oxygens (including phenoxy) is 2. The summed E-state index contributed by atoms with van der Waals surface area (Å²) >= 11 is 0. The van der Waals surface area contributed by atoms with Crippen LogP contribution in [0, 0.1) is 0 Å². The molecule has 0 unspecified atom stereocenters. The molecule has 2 heterocycles. The molecule has 2 saturated heterocycles. The molecule has 2 amide bonds. The molecule has 6 nitrogen and oxygen atoms in total. The van der Waals surface area contributed by atoms with Gasteiger partial charge in [-0.2, -0.15) is 0 Å². The van der Waals surface area contributed by atoms with E-state index in [0.29, 0.717) is 32.8 Å². The standard InChI is InChI=1S/C21H30N2O4/c1-16(2)27-19-9-4-3-7-17(19)15-20(24)23-10-6-5-8-18(23)21(25)22-11-13-26-14-12-22/h3-4,7,9,16,18H,5-6,8,10-15H2,1-2H3/t18-/m1/s1. The Morgan fingerprint density at radius 2 is 1.89 bits per heavy atom. The van der Waals surface area contributed by atoms with Crippen molar-refractivity contribution in [3.05, 3.63) is 29.8 Å². The van der Waals surface area contributed by atoms with Gasteiger partial charge in [-0.25, -0.2) is 0 Å². The van der Waals surface area contributed by atoms with Gasteiger partial charge in [-0.15, -0.1) is 0 Å². The second kappa shape index (κ2) is 9.22. The molecule has 0 N–H and O–H groups in total. The summed E-state index contributed by atoms with van der Waals surface area (Å²) in [5, 5.41) is 0. The molecule has 27 heavy (non-hydrogen) atoms. The molecular formula is C21H30N2O4. The van der Waals surface area contributed by atoms with Crippen LogP contribution in [0.3, 0.4) is 0 Å². The number of nitrogens with zero attached hydrogens (tertiary/aromatic N) is 2. The minimum absolute atomic E-state index is 0.00103. The van der Waals surface area contributed by atoms with Crippen molar-refractivity contribution in [3.8, 4) is 5.75 Å². The van der Waals surface area contributed by atoms with Crippen molar-refractivity contribution in [1.29, 1.82) is 0 Å². The van der Waals surface area contributed by atoms with Gasteiger partial charge in [-0.05, 0) is 39.2 Å². The lowest BCUT2D eigenvalue weighted by molar-refractivity contribution is -0.149. The van der Waals surface area contributed by atoms with Gasteiger partial charge in [-0.3, -0.25) is 9.59 Å². The van der Waals surface area contributed by atoms with E-state index in [2.05, 4.69) is 0 Å². The molecule has 2 aliphatic rings. The van der Waals surface area contributed by atoms with Crippen molar-refractivity contribution in [3.63, 3.8) is 0 Å². The molecule has 1 aromatic carbocycles. The first-order valence-electron chi connectivity index (χ1n) is 9.97. The molecule has 0 bridgehead atoms. The summed E-state index contributed by atoms with van der Waals surface area (Å²) in [4.78, 5) is 29.7. The lowest BCUT2D eigenvalue weighted by Gasteiger charge is -2.39. The summed E-state index contributed by atoms with van der Waals surface area (Å²) in [6.45, 7) is 6.97. The monoisotopic (exact) mass is 374 g/mol. The van der Waals surface area contributed by atoms with Gasteiger partial charge < -0.3 is 19.3 Å². The lowest BCUT2D eigenvalue weighted by Crippen LogP contribution is -2.55. The largest absolute Gasteiger partial charge is 0.491 e. The van der Waals surface area contributed by atoms with Crippen LogP contribution in [0.4, 0.5) is 0 Å². The first-order valence-corrected chi connectivity index (χ1v) is 9.97. The van der Waals surface area contributed by atoms with Crippen molar-refractivity contribution in [2.75, 3.05) is 32.8 Å². The summed E-state index contributed by atoms with van der Waals surface area (Å²) in [5.74, 6) is 0.813. The molecule has 0 saturated carbocycles. The third-order valence-corrected chi connectivity index (χ3v) is 5.11. The normalized spacial score (nSPS) is 20.6. The van der Waals surface area contributed by atoms with Crippen LogP contribution in [0.2, 0.25) is 0 Å². The molecule has 3 rings (SSSR count). The smallest absolute Gasteiger partial charge is 0.245 e. The predicted molar refractivity (Wildman–Crippen MR) is 103 cm³/mol. The molecule has 2 fully saturated rings. The van der Waals surface area contributed by atoms with Gasteiger partial charge in [0.2, 0.25) is 11.8 Å². The predicted octanol–water partition coefficient (Wildman–Crippen LogP) is 2.26. The minimum Gasteiger partial charge on any atom is -0.491 e. The van der Waals surface area contributed by atoms with Crippen molar-refractivity contribution >= 4 is 11.8 Å². The number of hydrogen-bond donors (Lipinski definition) is 0. The second-order valence-corrected chi connectivity index (χ2v) is 7.49. The van der Waals surface area contributed by atoms with Crippen molar-refractivity contribution in [2.24, 2.45) is 0 Å². The van der Waals surface area contributed by atoms with Gasteiger partial charge in [0.25, 0.3) is 0 Å². The zero-order chi connectivity index (χ0) is 19.2. The number of morpholine rings is 1. The van der Waals surface area contributed by atoms with E-state index in [1.54, 1.807) is 4.90 Å². The number of rotatable bonds is 5. The van der Waals surface area contributed by atoms with Crippen LogP contribution >= 0.6 is 0 Å². The Morgan fingerprint density at radius 1 is 1.15 bits per heavy atom. The second-order valence-electron chi connectivity index (χ2n) is 7.49. The summed E-state index contributed by atoms with van der Waals surface area (Å²) in [6, 6.07) is 7.32. The topological polar surface area (TPSA) is 59.1 Å². The van der Waals surface area contributed by atoms with E-state index in [-0.39, 0.29) is 30.4 Å². The molecular weight excluding hydrogens is 344 g/mol. The van der Waals surface area contributed by atoms with Gasteiger partial charge in [0.1, 0.15) is 11.8 Å². The van der Waals surface area contributed by atoms with Crippen molar-refractivity contribution in [1.82, 2.24) is 9.80 Å². The molecule has 0 radical (unpaired) electrons. The van der Waals surface area contributed by atoms with E-state index in [1.807, 2.05) is 43.0 Å². The van der Waals surface area contributed by atoms with Crippen LogP contribution in [0.5, 0.6) is 5.75 Å². The van der Waals surface area contributed by atoms with Gasteiger partial charge in [-0.1, -0.05) is 18.2 Å². The van der Waals surface area contributed by atoms with Crippen LogP contribution in [0.25, 0.3) is 0 Å². The number of hydrogen-bond acceptors (Lipinski definition) is 4. The van der Waals surface area contributed by atoms with E-state index >= 15 is 0 Å². The number of benzene rings is 1. The molecule has 0 aromatic heterocycles. The number of piperidine rings is 1. The fourth-order valence-electron chi connectivity index (χ4n) is 3.76. The van der Waals surface area contributed by atoms with Gasteiger partial charge >= 0.3 is 0 Å². The van der Waals surface area contributed by atoms with Crippen molar-refractivity contribution < 1.29 is 19.1 Å². The van der Waals surface area contributed by atoms with E-state index in [1.165, 1.54) is 0 Å². The number of likely N-dealkylation sites (tertiary alicyclic amines) is 1. The van der Waals surface area contributed by atoms with Crippen LogP contribution < -0.4 is 4.74 Å². The van der Waals surface area contributed by atoms with Gasteiger partial charge in [0, 0.05) is 25.2 Å². The number of para-hydroxylation sites is 1. The first-order chi connectivity index (χ1) is 13.1. The van der Waals surface area contributed by atoms with E-state index in [9.17, 15) is 9.59 Å². The summed E-state index contributed by atoms with van der Waals surface area (Å²) in [7, 11) is 0. The first kappa shape index (κ1) is 19.7. The minimum atomic E-state index is -0.345. The average Bonchev–Trinajstić information content (AvgIpc) is 2.69. The molecule has 6 heteroatoms. The Morgan fingerprint density at radius 3 is 2.63 bits per heavy atom. The van der Waals surface area contributed by atoms with Crippen molar-refractivity contribution in [2.45, 2.75) is 51.7 Å². The van der Waals surface area contributed by atoms with Crippen LogP contribution in [0.1, 0.15) is 38.7 Å². The fraction of sp³-hybridized carbons (Fsp3) is 0.619. The third-order valence-electron chi connectivity index (χ3n) is 5.11. The molecule has 0 aliphatic carbocycles. The highest BCUT2D eigenvalue weighted by Crippen LogP contribution is 2.24. The Hall–Kier alpha value is -2.08. The summed E-state index contributed by atoms with van der Waals surface area (Å²) in [6.07, 6.45) is 2.98. The molecule has 1 atom stereocenters. The maximum atomic E-state index is 13.1. The fourth-order valence-corrected chi connectivity index (χ4v) is 3.76. The van der Waals surface area contributed by atoms with Gasteiger partial charge in [0.15, 0.2) is 0 Å². The Labute approximate surface area is 161 Å². The molecule has 0 spiro atoms. The zero-order valence-corrected chi connectivity index (χ0v) is 16.4. The van der Waals surface area contributed by atoms with E-state index < -0.39 is 0 Å². The Balaban J connectivity index is 1.71. The van der Waals surface area contributed by atoms with E-state index in [4.69, 9.17) is 9.47 Å². The van der Waals surface area contributed by atoms with Gasteiger partial charge in [0.05, 0.1) is 25.7 Å². The van der Waals surface area contributed by atoms with Crippen LogP contribution in [-0.2, 0) is 20.7 Å². The van der Waals surface area contributed by atoms with Crippen LogP contribution in [0.15, 0.2) is 24.3 Å². The third kappa shape index (κ3) is 5.01. The SMILES string of the molecule is CC(C)Oc1ccccc1CC(=O)N1CCCC[C@@H]1C(=O)N1CCOCC1. The van der Waals surface area contributed by atoms with E-state index in [0.717, 1.165) is 30.6 Å². The molecule has 2 aliphatic heterocycles. The Bertz CT molecular complexity index is 655. The highest BCUT2D eigenvalue weighted by Gasteiger charge is 2.35. The number of amides is 2. The summed E-state index contributed by atoms with van der Waals surface area (Å²) < 4.78 is 11.2. The maximum absolute atomic E-state index is 13.1. The number of carbonyl (C=O) groups is 2. The maximum Gasteiger partial charge on any atom is 0.245 e. The lowest BCUT2D eigenvalue weighted by atomic mass is 9.99. The zero-order valence-electron chi connectivity index (χ0n) is 16.4.